The third kappa shape index (κ3) is 3.60. The lowest BCUT2D eigenvalue weighted by molar-refractivity contribution is 0.295. The Morgan fingerprint density at radius 1 is 1.11 bits per heavy atom. The molecule has 94 valence electrons. The highest BCUT2D eigenvalue weighted by molar-refractivity contribution is 6.29. The number of nitrogens with zero attached hydrogens (tertiary/aromatic N) is 2. The molecule has 5 heteroatoms. The van der Waals surface area contributed by atoms with Gasteiger partial charge < -0.3 is 9.47 Å². The second-order valence-corrected chi connectivity index (χ2v) is 3.91. The standard InChI is InChI=1S/C13H13ClN2O2/c1-2-17-11-4-3-5-12(6-11)18-9-10-7-16-13(14)8-15-10/h3-8H,2,9H2,1H3. The van der Waals surface area contributed by atoms with E-state index in [2.05, 4.69) is 9.97 Å². The minimum absolute atomic E-state index is 0.347. The molecule has 0 saturated carbocycles. The van der Waals surface area contributed by atoms with E-state index in [1.807, 2.05) is 31.2 Å². The topological polar surface area (TPSA) is 44.2 Å². The van der Waals surface area contributed by atoms with Crippen molar-refractivity contribution in [2.24, 2.45) is 0 Å². The Hall–Kier alpha value is -1.81. The Morgan fingerprint density at radius 3 is 2.56 bits per heavy atom. The molecule has 0 atom stereocenters. The molecule has 1 aromatic heterocycles. The smallest absolute Gasteiger partial charge is 0.147 e. The summed E-state index contributed by atoms with van der Waals surface area (Å²) in [5, 5.41) is 0.372. The van der Waals surface area contributed by atoms with Crippen LogP contribution in [-0.2, 0) is 6.61 Å². The molecule has 2 rings (SSSR count). The van der Waals surface area contributed by atoms with Crippen molar-refractivity contribution in [3.8, 4) is 11.5 Å². The van der Waals surface area contributed by atoms with Crippen LogP contribution in [0.3, 0.4) is 0 Å². The van der Waals surface area contributed by atoms with Crippen LogP contribution in [-0.4, -0.2) is 16.6 Å². The molecule has 0 aliphatic rings. The number of benzene rings is 1. The van der Waals surface area contributed by atoms with Gasteiger partial charge in [-0.25, -0.2) is 4.98 Å². The van der Waals surface area contributed by atoms with Crippen LogP contribution in [0.5, 0.6) is 11.5 Å². The fraction of sp³-hybridized carbons (Fsp3) is 0.231. The van der Waals surface area contributed by atoms with Crippen LogP contribution in [0.1, 0.15) is 12.6 Å². The van der Waals surface area contributed by atoms with Crippen molar-refractivity contribution in [3.63, 3.8) is 0 Å². The summed E-state index contributed by atoms with van der Waals surface area (Å²) in [4.78, 5) is 8.04. The molecule has 0 bridgehead atoms. The predicted molar refractivity (Wildman–Crippen MR) is 69.0 cm³/mol. The zero-order valence-electron chi connectivity index (χ0n) is 9.97. The SMILES string of the molecule is CCOc1cccc(OCc2cnc(Cl)cn2)c1. The number of hydrogen-bond acceptors (Lipinski definition) is 4. The molecule has 18 heavy (non-hydrogen) atoms. The molecule has 1 aromatic carbocycles. The average Bonchev–Trinajstić information content (AvgIpc) is 2.39. The Labute approximate surface area is 111 Å². The van der Waals surface area contributed by atoms with Crippen LogP contribution in [0.2, 0.25) is 5.15 Å². The monoisotopic (exact) mass is 264 g/mol. The van der Waals surface area contributed by atoms with Crippen molar-refractivity contribution in [1.82, 2.24) is 9.97 Å². The highest BCUT2D eigenvalue weighted by Crippen LogP contribution is 2.20. The van der Waals surface area contributed by atoms with E-state index in [4.69, 9.17) is 21.1 Å². The van der Waals surface area contributed by atoms with E-state index in [-0.39, 0.29) is 0 Å². The number of halogens is 1. The first-order valence-corrected chi connectivity index (χ1v) is 5.98. The maximum Gasteiger partial charge on any atom is 0.147 e. The van der Waals surface area contributed by atoms with Crippen LogP contribution < -0.4 is 9.47 Å². The van der Waals surface area contributed by atoms with Crippen molar-refractivity contribution in [3.05, 3.63) is 47.5 Å². The fourth-order valence-corrected chi connectivity index (χ4v) is 1.49. The van der Waals surface area contributed by atoms with Gasteiger partial charge in [0, 0.05) is 6.07 Å². The van der Waals surface area contributed by atoms with E-state index in [1.54, 1.807) is 6.20 Å². The third-order valence-corrected chi connectivity index (χ3v) is 2.37. The lowest BCUT2D eigenvalue weighted by atomic mass is 10.3. The Balaban J connectivity index is 1.97. The molecule has 4 nitrogen and oxygen atoms in total. The van der Waals surface area contributed by atoms with Gasteiger partial charge in [0.05, 0.1) is 24.7 Å². The second kappa shape index (κ2) is 6.21. The maximum atomic E-state index is 5.65. The van der Waals surface area contributed by atoms with Gasteiger partial charge in [0.2, 0.25) is 0 Å². The number of rotatable bonds is 5. The van der Waals surface area contributed by atoms with Crippen molar-refractivity contribution >= 4 is 11.6 Å². The van der Waals surface area contributed by atoms with Gasteiger partial charge in [-0.1, -0.05) is 17.7 Å². The van der Waals surface area contributed by atoms with Gasteiger partial charge in [-0.3, -0.25) is 4.98 Å². The highest BCUT2D eigenvalue weighted by Gasteiger charge is 2.00. The Bertz CT molecular complexity index is 503. The molecule has 0 unspecified atom stereocenters. The largest absolute Gasteiger partial charge is 0.494 e. The molecule has 2 aromatic rings. The average molecular weight is 265 g/mol. The van der Waals surface area contributed by atoms with Gasteiger partial charge in [0.25, 0.3) is 0 Å². The molecule has 0 saturated heterocycles. The molecule has 0 amide bonds. The van der Waals surface area contributed by atoms with Crippen LogP contribution in [0.25, 0.3) is 0 Å². The van der Waals surface area contributed by atoms with E-state index >= 15 is 0 Å². The summed E-state index contributed by atoms with van der Waals surface area (Å²) in [6, 6.07) is 7.48. The molecular weight excluding hydrogens is 252 g/mol. The molecule has 0 aliphatic carbocycles. The zero-order valence-corrected chi connectivity index (χ0v) is 10.7. The Morgan fingerprint density at radius 2 is 1.89 bits per heavy atom. The van der Waals surface area contributed by atoms with Gasteiger partial charge in [-0.15, -0.1) is 0 Å². The summed E-state index contributed by atoms with van der Waals surface area (Å²) in [6.07, 6.45) is 3.09. The van der Waals surface area contributed by atoms with Crippen molar-refractivity contribution in [2.75, 3.05) is 6.61 Å². The molecule has 0 spiro atoms. The fourth-order valence-electron chi connectivity index (χ4n) is 1.39. The van der Waals surface area contributed by atoms with Crippen LogP contribution in [0.15, 0.2) is 36.7 Å². The first kappa shape index (κ1) is 12.6. The summed E-state index contributed by atoms with van der Waals surface area (Å²) < 4.78 is 11.0. The number of ether oxygens (including phenoxy) is 2. The molecule has 0 fully saturated rings. The van der Waals surface area contributed by atoms with E-state index in [0.29, 0.717) is 18.4 Å². The third-order valence-electron chi connectivity index (χ3n) is 2.18. The lowest BCUT2D eigenvalue weighted by Gasteiger charge is -2.07. The number of hydrogen-bond donors (Lipinski definition) is 0. The van der Waals surface area contributed by atoms with Gasteiger partial charge in [0.15, 0.2) is 0 Å². The summed E-state index contributed by atoms with van der Waals surface area (Å²) in [7, 11) is 0. The van der Waals surface area contributed by atoms with Gasteiger partial charge >= 0.3 is 0 Å². The highest BCUT2D eigenvalue weighted by atomic mass is 35.5. The molecule has 0 N–H and O–H groups in total. The zero-order chi connectivity index (χ0) is 12.8. The predicted octanol–water partition coefficient (Wildman–Crippen LogP) is 3.11. The van der Waals surface area contributed by atoms with Crippen LogP contribution in [0.4, 0.5) is 0 Å². The quantitative estimate of drug-likeness (QED) is 0.832. The van der Waals surface area contributed by atoms with E-state index in [1.165, 1.54) is 6.20 Å². The van der Waals surface area contributed by atoms with Crippen molar-refractivity contribution in [1.29, 1.82) is 0 Å². The molecule has 1 heterocycles. The lowest BCUT2D eigenvalue weighted by Crippen LogP contribution is -1.99. The maximum absolute atomic E-state index is 5.65. The molecular formula is C13H13ClN2O2. The summed E-state index contributed by atoms with van der Waals surface area (Å²) >= 11 is 5.65. The summed E-state index contributed by atoms with van der Waals surface area (Å²) in [5.41, 5.74) is 0.723. The summed E-state index contributed by atoms with van der Waals surface area (Å²) in [6.45, 7) is 2.92. The van der Waals surface area contributed by atoms with E-state index in [9.17, 15) is 0 Å². The van der Waals surface area contributed by atoms with E-state index in [0.717, 1.165) is 17.2 Å². The van der Waals surface area contributed by atoms with Crippen LogP contribution in [0, 0.1) is 0 Å². The first-order chi connectivity index (χ1) is 8.78. The van der Waals surface area contributed by atoms with E-state index < -0.39 is 0 Å². The molecule has 0 aliphatic heterocycles. The van der Waals surface area contributed by atoms with Gasteiger partial charge in [-0.2, -0.15) is 0 Å². The molecule has 0 radical (unpaired) electrons. The number of aromatic nitrogens is 2. The van der Waals surface area contributed by atoms with Crippen molar-refractivity contribution < 1.29 is 9.47 Å². The summed E-state index contributed by atoms with van der Waals surface area (Å²) in [5.74, 6) is 1.52. The Kier molecular flexibility index (Phi) is 4.36. The van der Waals surface area contributed by atoms with Gasteiger partial charge in [0.1, 0.15) is 23.3 Å². The second-order valence-electron chi connectivity index (χ2n) is 3.53. The van der Waals surface area contributed by atoms with Crippen LogP contribution >= 0.6 is 11.6 Å². The normalized spacial score (nSPS) is 10.1. The minimum atomic E-state index is 0.347. The first-order valence-electron chi connectivity index (χ1n) is 5.60. The van der Waals surface area contributed by atoms with Gasteiger partial charge in [-0.05, 0) is 19.1 Å². The van der Waals surface area contributed by atoms with Crippen molar-refractivity contribution in [2.45, 2.75) is 13.5 Å². The minimum Gasteiger partial charge on any atom is -0.494 e.